The lowest BCUT2D eigenvalue weighted by atomic mass is 9.91. The molecular formula is C19H17N5O2S. The maximum Gasteiger partial charge on any atom is 0.247 e. The first-order valence-electron chi connectivity index (χ1n) is 8.82. The number of hydrogen-bond donors (Lipinski definition) is 0. The number of benzene rings is 1. The number of rotatable bonds is 3. The Labute approximate surface area is 159 Å². The van der Waals surface area contributed by atoms with Gasteiger partial charge < -0.3 is 9.64 Å². The van der Waals surface area contributed by atoms with Gasteiger partial charge in [-0.2, -0.15) is 10.4 Å². The molecule has 27 heavy (non-hydrogen) atoms. The molecule has 1 amide bonds. The second-order valence-corrected chi connectivity index (χ2v) is 8.10. The summed E-state index contributed by atoms with van der Waals surface area (Å²) in [5.41, 5.74) is 4.46. The lowest BCUT2D eigenvalue weighted by molar-refractivity contribution is -0.122. The number of fused-ring (bicyclic) bond motifs is 1. The molecule has 0 N–H and O–H groups in total. The van der Waals surface area contributed by atoms with E-state index in [0.29, 0.717) is 26.2 Å². The van der Waals surface area contributed by atoms with Crippen molar-refractivity contribution in [2.45, 2.75) is 19.4 Å². The van der Waals surface area contributed by atoms with Gasteiger partial charge in [0.2, 0.25) is 5.91 Å². The Morgan fingerprint density at radius 2 is 2.22 bits per heavy atom. The van der Waals surface area contributed by atoms with Crippen LogP contribution in [0, 0.1) is 16.7 Å². The number of hydrogen-bond acceptors (Lipinski definition) is 6. The van der Waals surface area contributed by atoms with Crippen LogP contribution in [-0.2, 0) is 9.53 Å². The minimum absolute atomic E-state index is 0.140. The lowest BCUT2D eigenvalue weighted by Gasteiger charge is -2.25. The van der Waals surface area contributed by atoms with Crippen LogP contribution in [-0.4, -0.2) is 40.4 Å². The standard InChI is InChI=1S/C19H17N5O2S/c1-19(10-20)2-3-23(18(19)25)16-5-12(4-15-17(16)27-11-21-15)13-6-22-24(7-13)14-8-26-9-14/h4-7,11,14H,2-3,8-9H2,1H3/t19-/m1/s1. The summed E-state index contributed by atoms with van der Waals surface area (Å²) in [6, 6.07) is 6.51. The molecule has 4 heterocycles. The molecule has 1 aromatic carbocycles. The van der Waals surface area contributed by atoms with Crippen molar-refractivity contribution in [1.29, 1.82) is 5.26 Å². The van der Waals surface area contributed by atoms with Crippen molar-refractivity contribution < 1.29 is 9.53 Å². The van der Waals surface area contributed by atoms with E-state index in [4.69, 9.17) is 4.74 Å². The van der Waals surface area contributed by atoms with Crippen LogP contribution in [0.2, 0.25) is 0 Å². The molecule has 0 radical (unpaired) electrons. The quantitative estimate of drug-likeness (QED) is 0.698. The van der Waals surface area contributed by atoms with Crippen molar-refractivity contribution in [2.24, 2.45) is 5.41 Å². The molecule has 2 aromatic heterocycles. The molecule has 0 bridgehead atoms. The Bertz CT molecular complexity index is 1090. The average molecular weight is 379 g/mol. The highest BCUT2D eigenvalue weighted by Crippen LogP contribution is 2.40. The third-order valence-electron chi connectivity index (χ3n) is 5.43. The summed E-state index contributed by atoms with van der Waals surface area (Å²) in [5, 5.41) is 13.9. The summed E-state index contributed by atoms with van der Waals surface area (Å²) in [6.07, 6.45) is 4.38. The third kappa shape index (κ3) is 2.46. The fourth-order valence-electron chi connectivity index (χ4n) is 3.56. The highest BCUT2D eigenvalue weighted by atomic mass is 32.1. The van der Waals surface area contributed by atoms with Crippen molar-refractivity contribution in [1.82, 2.24) is 14.8 Å². The third-order valence-corrected chi connectivity index (χ3v) is 6.30. The second-order valence-electron chi connectivity index (χ2n) is 7.25. The average Bonchev–Trinajstić information content (AvgIpc) is 3.34. The van der Waals surface area contributed by atoms with Crippen molar-refractivity contribution in [3.05, 3.63) is 30.0 Å². The van der Waals surface area contributed by atoms with Crippen LogP contribution in [0.15, 0.2) is 30.0 Å². The Hall–Kier alpha value is -2.76. The Morgan fingerprint density at radius 1 is 1.37 bits per heavy atom. The maximum absolute atomic E-state index is 12.9. The predicted octanol–water partition coefficient (Wildman–Crippen LogP) is 3.00. The van der Waals surface area contributed by atoms with Crippen molar-refractivity contribution in [3.63, 3.8) is 0 Å². The maximum atomic E-state index is 12.9. The number of nitrogens with zero attached hydrogens (tertiary/aromatic N) is 5. The second kappa shape index (κ2) is 5.87. The monoisotopic (exact) mass is 379 g/mol. The molecule has 5 rings (SSSR count). The summed E-state index contributed by atoms with van der Waals surface area (Å²) in [4.78, 5) is 19.1. The summed E-state index contributed by atoms with van der Waals surface area (Å²) in [7, 11) is 0. The van der Waals surface area contributed by atoms with Crippen LogP contribution in [0.3, 0.4) is 0 Å². The first-order valence-corrected chi connectivity index (χ1v) is 9.70. The van der Waals surface area contributed by atoms with Crippen molar-refractivity contribution in [2.75, 3.05) is 24.7 Å². The van der Waals surface area contributed by atoms with E-state index in [1.807, 2.05) is 29.2 Å². The normalized spacial score (nSPS) is 23.0. The highest BCUT2D eigenvalue weighted by Gasteiger charge is 2.44. The highest BCUT2D eigenvalue weighted by molar-refractivity contribution is 7.17. The number of nitriles is 1. The van der Waals surface area contributed by atoms with Crippen LogP contribution in [0.1, 0.15) is 19.4 Å². The largest absolute Gasteiger partial charge is 0.377 e. The molecule has 8 heteroatoms. The van der Waals surface area contributed by atoms with Gasteiger partial charge in [-0.15, -0.1) is 11.3 Å². The van der Waals surface area contributed by atoms with E-state index in [2.05, 4.69) is 16.2 Å². The van der Waals surface area contributed by atoms with E-state index in [9.17, 15) is 10.1 Å². The molecule has 3 aromatic rings. The van der Waals surface area contributed by atoms with Gasteiger partial charge in [-0.25, -0.2) is 4.98 Å². The minimum atomic E-state index is -0.956. The zero-order valence-corrected chi connectivity index (χ0v) is 15.6. The van der Waals surface area contributed by atoms with Crippen molar-refractivity contribution >= 4 is 33.1 Å². The molecule has 2 fully saturated rings. The van der Waals surface area contributed by atoms with Gasteiger partial charge in [0.15, 0.2) is 0 Å². The number of anilines is 1. The molecule has 136 valence electrons. The Kier molecular flexibility index (Phi) is 3.57. The molecule has 1 atom stereocenters. The first-order chi connectivity index (χ1) is 13.1. The predicted molar refractivity (Wildman–Crippen MR) is 101 cm³/mol. The number of thiazole rings is 1. The molecule has 0 unspecified atom stereocenters. The summed E-state index contributed by atoms with van der Waals surface area (Å²) in [5.74, 6) is -0.140. The SMILES string of the molecule is C[C@]1(C#N)CCN(c2cc(-c3cnn(C4COC4)c3)cc3ncsc23)C1=O. The molecule has 2 saturated heterocycles. The van der Waals surface area contributed by atoms with E-state index in [1.165, 1.54) is 11.3 Å². The van der Waals surface area contributed by atoms with Crippen LogP contribution in [0.25, 0.3) is 21.3 Å². The summed E-state index contributed by atoms with van der Waals surface area (Å²) >= 11 is 1.51. The molecule has 0 aliphatic carbocycles. The van der Waals surface area contributed by atoms with E-state index in [0.717, 1.165) is 27.0 Å². The smallest absolute Gasteiger partial charge is 0.247 e. The Morgan fingerprint density at radius 3 is 2.93 bits per heavy atom. The Balaban J connectivity index is 1.59. The fraction of sp³-hybridized carbons (Fsp3) is 0.368. The first kappa shape index (κ1) is 16.4. The van der Waals surface area contributed by atoms with Gasteiger partial charge in [-0.05, 0) is 31.0 Å². The number of carbonyl (C=O) groups is 1. The lowest BCUT2D eigenvalue weighted by Crippen LogP contribution is -2.31. The number of ether oxygens (including phenoxy) is 1. The van der Waals surface area contributed by atoms with Gasteiger partial charge >= 0.3 is 0 Å². The number of carbonyl (C=O) groups excluding carboxylic acids is 1. The minimum Gasteiger partial charge on any atom is -0.377 e. The van der Waals surface area contributed by atoms with E-state index in [1.54, 1.807) is 17.3 Å². The molecule has 0 saturated carbocycles. The molecule has 7 nitrogen and oxygen atoms in total. The summed E-state index contributed by atoms with van der Waals surface area (Å²) in [6.45, 7) is 3.63. The van der Waals surface area contributed by atoms with E-state index in [-0.39, 0.29) is 11.9 Å². The van der Waals surface area contributed by atoms with Gasteiger partial charge in [-0.1, -0.05) is 0 Å². The molecular weight excluding hydrogens is 362 g/mol. The zero-order valence-electron chi connectivity index (χ0n) is 14.8. The van der Waals surface area contributed by atoms with Gasteiger partial charge in [-0.3, -0.25) is 9.48 Å². The molecule has 2 aliphatic rings. The van der Waals surface area contributed by atoms with Gasteiger partial charge in [0.25, 0.3) is 0 Å². The number of amides is 1. The van der Waals surface area contributed by atoms with Crippen molar-refractivity contribution in [3.8, 4) is 17.2 Å². The number of aromatic nitrogens is 3. The topological polar surface area (TPSA) is 84.0 Å². The zero-order chi connectivity index (χ0) is 18.6. The van der Waals surface area contributed by atoms with E-state index >= 15 is 0 Å². The van der Waals surface area contributed by atoms with Crippen LogP contribution in [0.5, 0.6) is 0 Å². The molecule has 0 spiro atoms. The van der Waals surface area contributed by atoms with Crippen LogP contribution in [0.4, 0.5) is 5.69 Å². The molecule has 2 aliphatic heterocycles. The van der Waals surface area contributed by atoms with E-state index < -0.39 is 5.41 Å². The van der Waals surface area contributed by atoms with Gasteiger partial charge in [0, 0.05) is 18.3 Å². The fourth-order valence-corrected chi connectivity index (χ4v) is 4.35. The van der Waals surface area contributed by atoms with Gasteiger partial charge in [0.05, 0.1) is 52.9 Å². The summed E-state index contributed by atoms with van der Waals surface area (Å²) < 4.78 is 8.13. The van der Waals surface area contributed by atoms with Crippen LogP contribution < -0.4 is 4.90 Å². The van der Waals surface area contributed by atoms with Crippen LogP contribution >= 0.6 is 11.3 Å². The van der Waals surface area contributed by atoms with Gasteiger partial charge in [0.1, 0.15) is 5.41 Å².